The van der Waals surface area contributed by atoms with Gasteiger partial charge in [-0.25, -0.2) is 0 Å². The molecule has 1 saturated heterocycles. The lowest BCUT2D eigenvalue weighted by molar-refractivity contribution is 0.0768. The Hall–Kier alpha value is -0.980. The van der Waals surface area contributed by atoms with Gasteiger partial charge in [-0.05, 0) is 19.8 Å². The highest BCUT2D eigenvalue weighted by molar-refractivity contribution is 5.01. The van der Waals surface area contributed by atoms with Crippen molar-refractivity contribution in [3.8, 4) is 0 Å². The number of β-amino-alcohol motifs (C(OH)–C–C–N with tert-alkyl or cyclic N) is 1. The molecule has 2 heterocycles. The fourth-order valence-corrected chi connectivity index (χ4v) is 2.53. The average Bonchev–Trinajstić information content (AvgIpc) is 3.12. The van der Waals surface area contributed by atoms with E-state index < -0.39 is 0 Å². The third kappa shape index (κ3) is 3.52. The first-order chi connectivity index (χ1) is 9.20. The molecule has 19 heavy (non-hydrogen) atoms. The van der Waals surface area contributed by atoms with Gasteiger partial charge in [0.05, 0.1) is 12.6 Å². The maximum atomic E-state index is 9.38. The third-order valence-electron chi connectivity index (χ3n) is 3.76. The van der Waals surface area contributed by atoms with Crippen molar-refractivity contribution < 1.29 is 9.63 Å². The zero-order valence-corrected chi connectivity index (χ0v) is 11.5. The molecule has 1 aromatic rings. The highest BCUT2D eigenvalue weighted by Crippen LogP contribution is 2.38. The normalized spacial score (nSPS) is 23.7. The summed E-state index contributed by atoms with van der Waals surface area (Å²) in [7, 11) is 0. The number of piperazine rings is 1. The number of hydrogen-bond acceptors (Lipinski definition) is 6. The molecular weight excluding hydrogens is 244 g/mol. The van der Waals surface area contributed by atoms with Gasteiger partial charge in [-0.15, -0.1) is 0 Å². The minimum atomic E-state index is -0.246. The van der Waals surface area contributed by atoms with E-state index in [1.165, 1.54) is 12.8 Å². The van der Waals surface area contributed by atoms with Gasteiger partial charge in [0.1, 0.15) is 0 Å². The molecule has 0 bridgehead atoms. The molecule has 1 saturated carbocycles. The van der Waals surface area contributed by atoms with Crippen LogP contribution in [0.1, 0.15) is 37.4 Å². The second-order valence-corrected chi connectivity index (χ2v) is 5.75. The van der Waals surface area contributed by atoms with Crippen LogP contribution in [0, 0.1) is 0 Å². The van der Waals surface area contributed by atoms with E-state index in [-0.39, 0.29) is 6.10 Å². The van der Waals surface area contributed by atoms with Crippen LogP contribution >= 0.6 is 0 Å². The maximum absolute atomic E-state index is 9.38. The summed E-state index contributed by atoms with van der Waals surface area (Å²) in [5.41, 5.74) is 0. The van der Waals surface area contributed by atoms with Crippen molar-refractivity contribution in [1.82, 2.24) is 19.9 Å². The van der Waals surface area contributed by atoms with E-state index in [0.717, 1.165) is 51.0 Å². The average molecular weight is 266 g/mol. The van der Waals surface area contributed by atoms with Gasteiger partial charge in [0.15, 0.2) is 5.82 Å². The van der Waals surface area contributed by atoms with Crippen molar-refractivity contribution in [3.05, 3.63) is 11.7 Å². The molecule has 6 nitrogen and oxygen atoms in total. The van der Waals surface area contributed by atoms with Crippen molar-refractivity contribution in [3.63, 3.8) is 0 Å². The van der Waals surface area contributed by atoms with Crippen LogP contribution in [0.2, 0.25) is 0 Å². The largest absolute Gasteiger partial charge is 0.392 e. The van der Waals surface area contributed by atoms with Gasteiger partial charge < -0.3 is 9.63 Å². The number of aliphatic hydroxyl groups excluding tert-OH is 1. The van der Waals surface area contributed by atoms with E-state index in [2.05, 4.69) is 19.9 Å². The van der Waals surface area contributed by atoms with Crippen molar-refractivity contribution in [2.75, 3.05) is 32.7 Å². The molecule has 2 aliphatic rings. The fourth-order valence-electron chi connectivity index (χ4n) is 2.53. The van der Waals surface area contributed by atoms with Crippen molar-refractivity contribution in [2.24, 2.45) is 0 Å². The number of nitrogens with zero attached hydrogens (tertiary/aromatic N) is 4. The Balaban J connectivity index is 1.46. The van der Waals surface area contributed by atoms with Gasteiger partial charge in [-0.1, -0.05) is 5.16 Å². The standard InChI is InChI=1S/C13H22N4O2/c1-10(18)8-16-4-6-17(7-5-16)9-12-14-13(19-15-12)11-2-3-11/h10-11,18H,2-9H2,1H3/t10-/m0/s1. The lowest BCUT2D eigenvalue weighted by Crippen LogP contribution is -2.47. The Labute approximate surface area is 113 Å². The van der Waals surface area contributed by atoms with E-state index in [9.17, 15) is 5.11 Å². The summed E-state index contributed by atoms with van der Waals surface area (Å²) in [6.45, 7) is 7.38. The van der Waals surface area contributed by atoms with E-state index >= 15 is 0 Å². The molecule has 0 radical (unpaired) electrons. The predicted molar refractivity (Wildman–Crippen MR) is 69.7 cm³/mol. The summed E-state index contributed by atoms with van der Waals surface area (Å²) >= 11 is 0. The first-order valence-corrected chi connectivity index (χ1v) is 7.16. The second kappa shape index (κ2) is 5.56. The number of aliphatic hydroxyl groups is 1. The molecule has 3 rings (SSSR count). The first-order valence-electron chi connectivity index (χ1n) is 7.16. The Bertz CT molecular complexity index is 409. The van der Waals surface area contributed by atoms with Crippen LogP contribution in [0.15, 0.2) is 4.52 Å². The van der Waals surface area contributed by atoms with Gasteiger partial charge in [0, 0.05) is 38.6 Å². The SMILES string of the molecule is C[C@H](O)CN1CCN(Cc2noc(C3CC3)n2)CC1. The van der Waals surface area contributed by atoms with Crippen molar-refractivity contribution >= 4 is 0 Å². The highest BCUT2D eigenvalue weighted by atomic mass is 16.5. The predicted octanol–water partition coefficient (Wildman–Crippen LogP) is 0.445. The van der Waals surface area contributed by atoms with Gasteiger partial charge in [-0.3, -0.25) is 9.80 Å². The van der Waals surface area contributed by atoms with Gasteiger partial charge in [0.2, 0.25) is 5.89 Å². The molecule has 1 aliphatic heterocycles. The summed E-state index contributed by atoms with van der Waals surface area (Å²) in [4.78, 5) is 9.11. The Morgan fingerprint density at radius 1 is 1.26 bits per heavy atom. The van der Waals surface area contributed by atoms with Crippen LogP contribution in [-0.4, -0.2) is 63.9 Å². The van der Waals surface area contributed by atoms with E-state index in [0.29, 0.717) is 5.92 Å². The zero-order chi connectivity index (χ0) is 13.2. The van der Waals surface area contributed by atoms with Gasteiger partial charge >= 0.3 is 0 Å². The summed E-state index contributed by atoms with van der Waals surface area (Å²) in [6, 6.07) is 0. The van der Waals surface area contributed by atoms with Crippen LogP contribution in [0.5, 0.6) is 0 Å². The Kier molecular flexibility index (Phi) is 3.81. The van der Waals surface area contributed by atoms with Crippen LogP contribution in [0.25, 0.3) is 0 Å². The van der Waals surface area contributed by atoms with Crippen LogP contribution < -0.4 is 0 Å². The van der Waals surface area contributed by atoms with E-state index in [1.54, 1.807) is 0 Å². The Morgan fingerprint density at radius 3 is 2.58 bits per heavy atom. The molecule has 6 heteroatoms. The molecule has 1 aromatic heterocycles. The molecule has 1 aliphatic carbocycles. The van der Waals surface area contributed by atoms with Crippen molar-refractivity contribution in [1.29, 1.82) is 0 Å². The first kappa shape index (κ1) is 13.0. The summed E-state index contributed by atoms with van der Waals surface area (Å²) in [5.74, 6) is 2.16. The molecule has 106 valence electrons. The summed E-state index contributed by atoms with van der Waals surface area (Å²) < 4.78 is 5.27. The monoisotopic (exact) mass is 266 g/mol. The smallest absolute Gasteiger partial charge is 0.229 e. The lowest BCUT2D eigenvalue weighted by Gasteiger charge is -2.34. The van der Waals surface area contributed by atoms with E-state index in [4.69, 9.17) is 4.52 Å². The summed E-state index contributed by atoms with van der Waals surface area (Å²) in [6.07, 6.45) is 2.14. The summed E-state index contributed by atoms with van der Waals surface area (Å²) in [5, 5.41) is 13.4. The molecule has 0 spiro atoms. The minimum absolute atomic E-state index is 0.246. The topological polar surface area (TPSA) is 65.6 Å². The van der Waals surface area contributed by atoms with Crippen molar-refractivity contribution in [2.45, 2.75) is 38.3 Å². The molecular formula is C13H22N4O2. The third-order valence-corrected chi connectivity index (χ3v) is 3.76. The number of hydrogen-bond donors (Lipinski definition) is 1. The van der Waals surface area contributed by atoms with E-state index in [1.807, 2.05) is 6.92 Å². The number of rotatable bonds is 5. The van der Waals surface area contributed by atoms with Gasteiger partial charge in [0.25, 0.3) is 0 Å². The zero-order valence-electron chi connectivity index (χ0n) is 11.5. The van der Waals surface area contributed by atoms with Crippen LogP contribution in [-0.2, 0) is 6.54 Å². The fraction of sp³-hybridized carbons (Fsp3) is 0.846. The van der Waals surface area contributed by atoms with Gasteiger partial charge in [-0.2, -0.15) is 4.98 Å². The number of aromatic nitrogens is 2. The molecule has 0 unspecified atom stereocenters. The van der Waals surface area contributed by atoms with Crippen LogP contribution in [0.4, 0.5) is 0 Å². The molecule has 0 aromatic carbocycles. The molecule has 1 N–H and O–H groups in total. The lowest BCUT2D eigenvalue weighted by atomic mass is 10.2. The Morgan fingerprint density at radius 2 is 1.95 bits per heavy atom. The maximum Gasteiger partial charge on any atom is 0.229 e. The minimum Gasteiger partial charge on any atom is -0.392 e. The quantitative estimate of drug-likeness (QED) is 0.834. The highest BCUT2D eigenvalue weighted by Gasteiger charge is 2.30. The molecule has 2 fully saturated rings. The second-order valence-electron chi connectivity index (χ2n) is 5.75. The molecule has 1 atom stereocenters. The van der Waals surface area contributed by atoms with Crippen LogP contribution in [0.3, 0.4) is 0 Å². The molecule has 0 amide bonds.